The van der Waals surface area contributed by atoms with Gasteiger partial charge in [-0.15, -0.1) is 0 Å². The molecule has 4 rings (SSSR count). The molecule has 1 aliphatic heterocycles. The third kappa shape index (κ3) is 3.66. The van der Waals surface area contributed by atoms with E-state index in [2.05, 4.69) is 15.7 Å². The number of halogens is 2. The van der Waals surface area contributed by atoms with E-state index in [-0.39, 0.29) is 17.4 Å². The number of hydrogen-bond donors (Lipinski definition) is 2. The summed E-state index contributed by atoms with van der Waals surface area (Å²) in [4.78, 5) is 24.8. The summed E-state index contributed by atoms with van der Waals surface area (Å²) in [6.07, 6.45) is 1.51. The zero-order valence-electron chi connectivity index (χ0n) is 15.3. The van der Waals surface area contributed by atoms with Gasteiger partial charge in [-0.1, -0.05) is 23.7 Å². The maximum atomic E-state index is 13.2. The number of carbonyl (C=O) groups excluding carboxylic acids is 2. The highest BCUT2D eigenvalue weighted by Crippen LogP contribution is 2.36. The van der Waals surface area contributed by atoms with Gasteiger partial charge in [0.15, 0.2) is 0 Å². The quantitative estimate of drug-likeness (QED) is 0.663. The Kier molecular flexibility index (Phi) is 4.94. The molecule has 7 nitrogen and oxygen atoms in total. The Morgan fingerprint density at radius 3 is 2.76 bits per heavy atom. The number of benzene rings is 2. The highest BCUT2D eigenvalue weighted by molar-refractivity contribution is 6.31. The first-order chi connectivity index (χ1) is 14.0. The van der Waals surface area contributed by atoms with Crippen molar-refractivity contribution in [3.63, 3.8) is 0 Å². The molecule has 0 spiro atoms. The summed E-state index contributed by atoms with van der Waals surface area (Å²) in [6, 6.07) is 10.4. The van der Waals surface area contributed by atoms with E-state index < -0.39 is 17.8 Å². The van der Waals surface area contributed by atoms with Crippen LogP contribution in [0.3, 0.4) is 0 Å². The fourth-order valence-corrected chi connectivity index (χ4v) is 3.34. The van der Waals surface area contributed by atoms with E-state index in [1.165, 1.54) is 16.8 Å². The van der Waals surface area contributed by atoms with E-state index in [0.29, 0.717) is 11.5 Å². The van der Waals surface area contributed by atoms with Crippen molar-refractivity contribution in [1.82, 2.24) is 9.78 Å². The summed E-state index contributed by atoms with van der Waals surface area (Å²) in [6.45, 7) is 0. The van der Waals surface area contributed by atoms with Crippen LogP contribution in [-0.2, 0) is 9.59 Å². The highest BCUT2D eigenvalue weighted by Gasteiger charge is 2.35. The summed E-state index contributed by atoms with van der Waals surface area (Å²) < 4.78 is 19.9. The van der Waals surface area contributed by atoms with Gasteiger partial charge in [-0.25, -0.2) is 9.07 Å². The van der Waals surface area contributed by atoms with Crippen LogP contribution in [-0.4, -0.2) is 28.7 Å². The number of carbonyl (C=O) groups is 2. The largest absolute Gasteiger partial charge is 0.497 e. The van der Waals surface area contributed by atoms with E-state index >= 15 is 0 Å². The van der Waals surface area contributed by atoms with Gasteiger partial charge in [0.05, 0.1) is 24.8 Å². The molecule has 0 aliphatic carbocycles. The van der Waals surface area contributed by atoms with E-state index in [9.17, 15) is 14.0 Å². The summed E-state index contributed by atoms with van der Waals surface area (Å²) in [5.41, 5.74) is 1.95. The zero-order valence-corrected chi connectivity index (χ0v) is 16.0. The van der Waals surface area contributed by atoms with Crippen molar-refractivity contribution in [3.8, 4) is 16.9 Å². The Morgan fingerprint density at radius 2 is 2.07 bits per heavy atom. The fraction of sp³-hybridized carbons (Fsp3) is 0.150. The van der Waals surface area contributed by atoms with Gasteiger partial charge in [0, 0.05) is 11.3 Å². The number of nitrogens with one attached hydrogen (secondary N) is 2. The minimum Gasteiger partial charge on any atom is -0.497 e. The van der Waals surface area contributed by atoms with Gasteiger partial charge in [-0.3, -0.25) is 9.59 Å². The van der Waals surface area contributed by atoms with Crippen LogP contribution < -0.4 is 15.4 Å². The molecule has 1 aliphatic rings. The second kappa shape index (κ2) is 7.56. The van der Waals surface area contributed by atoms with E-state index in [4.69, 9.17) is 16.3 Å². The highest BCUT2D eigenvalue weighted by atomic mass is 35.5. The van der Waals surface area contributed by atoms with Crippen LogP contribution in [0.25, 0.3) is 11.1 Å². The number of anilines is 2. The Labute approximate surface area is 170 Å². The molecule has 0 saturated carbocycles. The summed E-state index contributed by atoms with van der Waals surface area (Å²) >= 11 is 5.73. The predicted octanol–water partition coefficient (Wildman–Crippen LogP) is 3.87. The van der Waals surface area contributed by atoms with Gasteiger partial charge in [0.25, 0.3) is 5.91 Å². The molecule has 1 atom stereocenters. The fourth-order valence-electron chi connectivity index (χ4n) is 3.16. The smallest absolute Gasteiger partial charge is 0.251 e. The number of ether oxygens (including phenoxy) is 1. The molecular weight excluding hydrogens is 399 g/mol. The molecule has 2 N–H and O–H groups in total. The molecule has 2 aromatic carbocycles. The minimum atomic E-state index is -0.784. The second-order valence-electron chi connectivity index (χ2n) is 6.47. The van der Waals surface area contributed by atoms with Gasteiger partial charge < -0.3 is 15.4 Å². The van der Waals surface area contributed by atoms with Crippen molar-refractivity contribution >= 4 is 34.9 Å². The molecule has 3 aromatic rings. The molecule has 0 radical (unpaired) electrons. The molecule has 2 amide bonds. The average molecular weight is 415 g/mol. The summed E-state index contributed by atoms with van der Waals surface area (Å²) in [5, 5.41) is 9.59. The van der Waals surface area contributed by atoms with Crippen molar-refractivity contribution in [2.45, 2.75) is 12.5 Å². The molecule has 0 saturated heterocycles. The van der Waals surface area contributed by atoms with Gasteiger partial charge >= 0.3 is 0 Å². The van der Waals surface area contributed by atoms with Crippen LogP contribution in [0.1, 0.15) is 12.5 Å². The van der Waals surface area contributed by atoms with Gasteiger partial charge in [-0.05, 0) is 35.9 Å². The molecule has 2 heterocycles. The van der Waals surface area contributed by atoms with E-state index in [1.807, 2.05) is 24.3 Å². The van der Waals surface area contributed by atoms with Gasteiger partial charge in [-0.2, -0.15) is 5.10 Å². The molecule has 148 valence electrons. The number of rotatable bonds is 5. The molecular formula is C20H16ClFN4O3. The molecule has 0 bridgehead atoms. The number of hydrogen-bond acceptors (Lipinski definition) is 4. The Bertz CT molecular complexity index is 1100. The topological polar surface area (TPSA) is 85.2 Å². The minimum absolute atomic E-state index is 0.0973. The molecule has 1 unspecified atom stereocenters. The van der Waals surface area contributed by atoms with Crippen molar-refractivity contribution in [1.29, 1.82) is 0 Å². The lowest BCUT2D eigenvalue weighted by Gasteiger charge is -2.10. The predicted molar refractivity (Wildman–Crippen MR) is 107 cm³/mol. The molecule has 1 aromatic heterocycles. The maximum Gasteiger partial charge on any atom is 0.251 e. The van der Waals surface area contributed by atoms with Gasteiger partial charge in [0.2, 0.25) is 5.91 Å². The van der Waals surface area contributed by atoms with Crippen molar-refractivity contribution in [2.75, 3.05) is 17.7 Å². The lowest BCUT2D eigenvalue weighted by Crippen LogP contribution is -2.23. The van der Waals surface area contributed by atoms with Crippen molar-refractivity contribution in [3.05, 3.63) is 59.5 Å². The summed E-state index contributed by atoms with van der Waals surface area (Å²) in [5.74, 6) is -0.0655. The number of fused-ring (bicyclic) bond motifs is 1. The summed E-state index contributed by atoms with van der Waals surface area (Å²) in [7, 11) is 1.59. The number of aromatic nitrogens is 2. The Balaban J connectivity index is 1.52. The normalized spacial score (nSPS) is 15.0. The van der Waals surface area contributed by atoms with Crippen molar-refractivity contribution in [2.24, 2.45) is 0 Å². The third-order valence-corrected chi connectivity index (χ3v) is 4.91. The van der Waals surface area contributed by atoms with Crippen LogP contribution in [0.2, 0.25) is 5.02 Å². The maximum absolute atomic E-state index is 13.2. The number of nitrogens with zero attached hydrogens (tertiary/aromatic N) is 2. The van der Waals surface area contributed by atoms with Crippen LogP contribution >= 0.6 is 11.6 Å². The molecule has 0 fully saturated rings. The van der Waals surface area contributed by atoms with Gasteiger partial charge in [0.1, 0.15) is 23.4 Å². The number of methoxy groups -OCH3 is 1. The second-order valence-corrected chi connectivity index (χ2v) is 6.87. The Morgan fingerprint density at radius 1 is 1.31 bits per heavy atom. The third-order valence-electron chi connectivity index (χ3n) is 4.62. The monoisotopic (exact) mass is 414 g/mol. The van der Waals surface area contributed by atoms with Crippen LogP contribution in [0.15, 0.2) is 48.7 Å². The SMILES string of the molecule is COc1ccc(-c2cnn3c2NC(=O)C3CC(=O)Nc2ccc(F)c(Cl)c2)cc1. The first kappa shape index (κ1) is 18.9. The lowest BCUT2D eigenvalue weighted by atomic mass is 10.1. The van der Waals surface area contributed by atoms with Crippen LogP contribution in [0.4, 0.5) is 15.9 Å². The molecule has 9 heteroatoms. The lowest BCUT2D eigenvalue weighted by molar-refractivity contribution is -0.123. The first-order valence-electron chi connectivity index (χ1n) is 8.74. The van der Waals surface area contributed by atoms with E-state index in [0.717, 1.165) is 22.9 Å². The number of amides is 2. The van der Waals surface area contributed by atoms with E-state index in [1.54, 1.807) is 13.3 Å². The first-order valence-corrected chi connectivity index (χ1v) is 9.12. The standard InChI is InChI=1S/C20H16ClFN4O3/c1-29-13-5-2-11(3-6-13)14-10-23-26-17(20(28)25-19(14)26)9-18(27)24-12-4-7-16(22)15(21)8-12/h2-8,10,17H,9H2,1H3,(H,24,27)(H,25,28). The Hall–Kier alpha value is -3.39. The van der Waals surface area contributed by atoms with Crippen molar-refractivity contribution < 1.29 is 18.7 Å². The average Bonchev–Trinajstić information content (AvgIpc) is 3.24. The van der Waals surface area contributed by atoms with Crippen LogP contribution in [0, 0.1) is 5.82 Å². The van der Waals surface area contributed by atoms with Crippen LogP contribution in [0.5, 0.6) is 5.75 Å². The zero-order chi connectivity index (χ0) is 20.5. The molecule has 29 heavy (non-hydrogen) atoms.